The zero-order valence-corrected chi connectivity index (χ0v) is 33.7. The molecule has 0 aliphatic carbocycles. The van der Waals surface area contributed by atoms with Gasteiger partial charge >= 0.3 is 0 Å². The van der Waals surface area contributed by atoms with Gasteiger partial charge in [0.2, 0.25) is 0 Å². The molecule has 278 valence electrons. The first-order valence-electron chi connectivity index (χ1n) is 19.4. The second-order valence-electron chi connectivity index (χ2n) is 18.0. The number of rotatable bonds is 6. The van der Waals surface area contributed by atoms with Crippen molar-refractivity contribution < 1.29 is 4.74 Å². The molecule has 0 N–H and O–H groups in total. The maximum absolute atomic E-state index is 6.87. The van der Waals surface area contributed by atoms with Crippen LogP contribution in [-0.4, -0.2) is 16.2 Å². The Kier molecular flexibility index (Phi) is 8.87. The number of fused-ring (bicyclic) bond motifs is 3. The molecule has 1 aliphatic heterocycles. The zero-order valence-electron chi connectivity index (χ0n) is 33.7. The van der Waals surface area contributed by atoms with Crippen LogP contribution in [0.15, 0.2) is 140 Å². The average Bonchev–Trinajstić information content (AvgIpc) is 3.74. The minimum Gasteiger partial charge on any atom is -0.457 e. The van der Waals surface area contributed by atoms with Gasteiger partial charge in [-0.3, -0.25) is 4.57 Å². The van der Waals surface area contributed by atoms with Crippen molar-refractivity contribution in [2.75, 3.05) is 16.5 Å². The van der Waals surface area contributed by atoms with E-state index in [4.69, 9.17) is 9.72 Å². The topological polar surface area (TPSA) is 33.5 Å². The molecule has 3 heterocycles. The molecular formula is C50H52N4O. The lowest BCUT2D eigenvalue weighted by Gasteiger charge is -2.28. The minimum absolute atomic E-state index is 0.000380. The van der Waals surface area contributed by atoms with E-state index in [0.717, 1.165) is 39.7 Å². The lowest BCUT2D eigenvalue weighted by molar-refractivity contribution is 0.479. The highest BCUT2D eigenvalue weighted by atomic mass is 16.5. The summed E-state index contributed by atoms with van der Waals surface area (Å²) in [5.41, 5.74) is 10.5. The molecule has 0 radical (unpaired) electrons. The third-order valence-corrected chi connectivity index (χ3v) is 10.8. The Labute approximate surface area is 326 Å². The van der Waals surface area contributed by atoms with E-state index in [0.29, 0.717) is 6.67 Å². The Balaban J connectivity index is 1.21. The summed E-state index contributed by atoms with van der Waals surface area (Å²) in [4.78, 5) is 9.65. The van der Waals surface area contributed by atoms with Gasteiger partial charge in [-0.1, -0.05) is 123 Å². The SMILES string of the molecule is CC(C)(C)c1cc(Oc2ccc3c4ccccc4n(-c4cc(C(C)(C)C)ccn4)c3c2)cc(N2C=C(c3ccccc3)N(c3cccc(C(C)(C)C)c3)C2)c1. The van der Waals surface area contributed by atoms with Gasteiger partial charge in [0.1, 0.15) is 17.3 Å². The highest BCUT2D eigenvalue weighted by Crippen LogP contribution is 2.41. The fraction of sp³-hybridized carbons (Fsp3) is 0.260. The molecule has 55 heavy (non-hydrogen) atoms. The van der Waals surface area contributed by atoms with E-state index in [9.17, 15) is 0 Å². The Bertz CT molecular complexity index is 2560. The summed E-state index contributed by atoms with van der Waals surface area (Å²) in [6.07, 6.45) is 4.21. The summed E-state index contributed by atoms with van der Waals surface area (Å²) >= 11 is 0. The van der Waals surface area contributed by atoms with E-state index in [1.807, 2.05) is 6.20 Å². The van der Waals surface area contributed by atoms with Crippen molar-refractivity contribution in [3.05, 3.63) is 162 Å². The number of benzene rings is 5. The maximum atomic E-state index is 6.87. The van der Waals surface area contributed by atoms with Crippen LogP contribution in [0.4, 0.5) is 11.4 Å². The molecule has 0 spiro atoms. The lowest BCUT2D eigenvalue weighted by Crippen LogP contribution is -2.27. The van der Waals surface area contributed by atoms with Gasteiger partial charge in [-0.25, -0.2) is 4.98 Å². The number of para-hydroxylation sites is 1. The summed E-state index contributed by atoms with van der Waals surface area (Å²) in [7, 11) is 0. The quantitative estimate of drug-likeness (QED) is 0.171. The fourth-order valence-electron chi connectivity index (χ4n) is 7.49. The number of anilines is 2. The number of pyridine rings is 1. The molecule has 0 unspecified atom stereocenters. The summed E-state index contributed by atoms with van der Waals surface area (Å²) in [6.45, 7) is 21.0. The van der Waals surface area contributed by atoms with Crippen LogP contribution in [-0.2, 0) is 16.2 Å². The highest BCUT2D eigenvalue weighted by molar-refractivity contribution is 6.09. The second-order valence-corrected chi connectivity index (χ2v) is 18.0. The van der Waals surface area contributed by atoms with E-state index in [1.54, 1.807) is 0 Å². The minimum atomic E-state index is -0.0966. The van der Waals surface area contributed by atoms with E-state index in [2.05, 4.69) is 210 Å². The van der Waals surface area contributed by atoms with Gasteiger partial charge in [-0.2, -0.15) is 0 Å². The van der Waals surface area contributed by atoms with Crippen molar-refractivity contribution in [3.8, 4) is 17.3 Å². The number of hydrogen-bond acceptors (Lipinski definition) is 4. The van der Waals surface area contributed by atoms with Gasteiger partial charge in [0, 0.05) is 46.7 Å². The van der Waals surface area contributed by atoms with Crippen LogP contribution in [0, 0.1) is 0 Å². The molecule has 0 saturated carbocycles. The molecule has 0 saturated heterocycles. The van der Waals surface area contributed by atoms with Crippen molar-refractivity contribution >= 4 is 38.9 Å². The van der Waals surface area contributed by atoms with Crippen LogP contribution >= 0.6 is 0 Å². The molecule has 8 rings (SSSR count). The Morgan fingerprint density at radius 3 is 1.95 bits per heavy atom. The summed E-state index contributed by atoms with van der Waals surface area (Å²) in [6, 6.07) is 45.7. The third kappa shape index (κ3) is 7.12. The fourth-order valence-corrected chi connectivity index (χ4v) is 7.49. The first-order chi connectivity index (χ1) is 26.1. The molecule has 0 amide bonds. The largest absolute Gasteiger partial charge is 0.457 e. The van der Waals surface area contributed by atoms with Crippen LogP contribution in [0.5, 0.6) is 11.5 Å². The molecule has 7 aromatic rings. The Hall–Kier alpha value is -5.81. The molecular weight excluding hydrogens is 673 g/mol. The summed E-state index contributed by atoms with van der Waals surface area (Å²) in [5.74, 6) is 2.49. The van der Waals surface area contributed by atoms with Crippen molar-refractivity contribution in [2.24, 2.45) is 0 Å². The molecule has 1 aliphatic rings. The van der Waals surface area contributed by atoms with Crippen LogP contribution < -0.4 is 14.5 Å². The monoisotopic (exact) mass is 724 g/mol. The number of nitrogens with zero attached hydrogens (tertiary/aromatic N) is 4. The Morgan fingerprint density at radius 2 is 1.20 bits per heavy atom. The van der Waals surface area contributed by atoms with Crippen LogP contribution in [0.2, 0.25) is 0 Å². The van der Waals surface area contributed by atoms with Gasteiger partial charge in [-0.15, -0.1) is 0 Å². The van der Waals surface area contributed by atoms with Gasteiger partial charge in [0.05, 0.1) is 23.4 Å². The van der Waals surface area contributed by atoms with E-state index < -0.39 is 0 Å². The number of ether oxygens (including phenoxy) is 1. The maximum Gasteiger partial charge on any atom is 0.137 e. The van der Waals surface area contributed by atoms with Crippen molar-refractivity contribution in [3.63, 3.8) is 0 Å². The number of aromatic nitrogens is 2. The van der Waals surface area contributed by atoms with E-state index in [-0.39, 0.29) is 16.2 Å². The molecule has 0 atom stereocenters. The van der Waals surface area contributed by atoms with Crippen molar-refractivity contribution in [1.29, 1.82) is 0 Å². The molecule has 2 aromatic heterocycles. The van der Waals surface area contributed by atoms with Crippen LogP contribution in [0.25, 0.3) is 33.3 Å². The van der Waals surface area contributed by atoms with E-state index >= 15 is 0 Å². The predicted octanol–water partition coefficient (Wildman–Crippen LogP) is 13.1. The molecule has 0 bridgehead atoms. The normalized spacial score (nSPS) is 13.9. The van der Waals surface area contributed by atoms with Gasteiger partial charge < -0.3 is 14.5 Å². The highest BCUT2D eigenvalue weighted by Gasteiger charge is 2.28. The first-order valence-corrected chi connectivity index (χ1v) is 19.4. The average molecular weight is 725 g/mol. The van der Waals surface area contributed by atoms with Gasteiger partial charge in [0.15, 0.2) is 0 Å². The molecule has 0 fully saturated rings. The lowest BCUT2D eigenvalue weighted by atomic mass is 9.86. The van der Waals surface area contributed by atoms with Gasteiger partial charge in [-0.05, 0) is 93.1 Å². The molecule has 5 heteroatoms. The smallest absolute Gasteiger partial charge is 0.137 e. The van der Waals surface area contributed by atoms with Gasteiger partial charge in [0.25, 0.3) is 0 Å². The third-order valence-electron chi connectivity index (χ3n) is 10.8. The molecule has 5 aromatic carbocycles. The van der Waals surface area contributed by atoms with Crippen LogP contribution in [0.1, 0.15) is 84.6 Å². The van der Waals surface area contributed by atoms with E-state index in [1.165, 1.54) is 38.7 Å². The first kappa shape index (κ1) is 36.2. The molecule has 5 nitrogen and oxygen atoms in total. The summed E-state index contributed by atoms with van der Waals surface area (Å²) < 4.78 is 9.14. The zero-order chi connectivity index (χ0) is 38.7. The van der Waals surface area contributed by atoms with Crippen molar-refractivity contribution in [2.45, 2.75) is 78.6 Å². The predicted molar refractivity (Wildman–Crippen MR) is 232 cm³/mol. The summed E-state index contributed by atoms with van der Waals surface area (Å²) in [5, 5.41) is 2.36. The standard InChI is InChI=1S/C50H52N4O/c1-48(2,3)35-18-15-19-38(26-35)53-33-52(32-46(53)34-16-11-10-12-17-34)39-27-37(50(7,8)9)28-41(30-39)55-40-22-23-43-42-20-13-14-21-44(42)54(45(43)31-40)47-29-36(24-25-51-47)49(4,5)6/h10-32H,33H2,1-9H3. The second kappa shape index (κ2) is 13.5. The van der Waals surface area contributed by atoms with Crippen LogP contribution in [0.3, 0.4) is 0 Å². The Morgan fingerprint density at radius 1 is 0.527 bits per heavy atom. The van der Waals surface area contributed by atoms with Crippen molar-refractivity contribution in [1.82, 2.24) is 9.55 Å². The number of hydrogen-bond donors (Lipinski definition) is 0.